The average Bonchev–Trinajstić information content (AvgIpc) is 2.49. The fourth-order valence-corrected chi connectivity index (χ4v) is 1.84. The SMILES string of the molecule is CC(OCC(=O)Nc1ccc(F)c(N)c1)c1ccccc1. The summed E-state index contributed by atoms with van der Waals surface area (Å²) in [7, 11) is 0. The smallest absolute Gasteiger partial charge is 0.250 e. The van der Waals surface area contributed by atoms with E-state index in [1.54, 1.807) is 0 Å². The summed E-state index contributed by atoms with van der Waals surface area (Å²) in [6, 6.07) is 13.6. The van der Waals surface area contributed by atoms with E-state index in [-0.39, 0.29) is 24.3 Å². The van der Waals surface area contributed by atoms with E-state index < -0.39 is 5.82 Å². The molecule has 0 heterocycles. The molecule has 110 valence electrons. The van der Waals surface area contributed by atoms with Gasteiger partial charge in [-0.05, 0) is 30.7 Å². The monoisotopic (exact) mass is 288 g/mol. The van der Waals surface area contributed by atoms with E-state index >= 15 is 0 Å². The second kappa shape index (κ2) is 6.85. The summed E-state index contributed by atoms with van der Waals surface area (Å²) in [5, 5.41) is 2.61. The van der Waals surface area contributed by atoms with Gasteiger partial charge in [0.2, 0.25) is 5.91 Å². The van der Waals surface area contributed by atoms with Gasteiger partial charge in [0.05, 0.1) is 11.8 Å². The third-order valence-electron chi connectivity index (χ3n) is 3.01. The van der Waals surface area contributed by atoms with Crippen LogP contribution in [0.3, 0.4) is 0 Å². The molecule has 0 radical (unpaired) electrons. The van der Waals surface area contributed by atoms with E-state index in [1.807, 2.05) is 37.3 Å². The maximum Gasteiger partial charge on any atom is 0.250 e. The molecule has 2 aromatic rings. The first-order chi connectivity index (χ1) is 10.1. The summed E-state index contributed by atoms with van der Waals surface area (Å²) < 4.78 is 18.5. The molecule has 3 N–H and O–H groups in total. The molecule has 0 aliphatic rings. The lowest BCUT2D eigenvalue weighted by atomic mass is 10.1. The summed E-state index contributed by atoms with van der Waals surface area (Å²) in [5.74, 6) is -0.828. The first kappa shape index (κ1) is 15.0. The third-order valence-corrected chi connectivity index (χ3v) is 3.01. The highest BCUT2D eigenvalue weighted by molar-refractivity contribution is 5.92. The zero-order chi connectivity index (χ0) is 15.2. The summed E-state index contributed by atoms with van der Waals surface area (Å²) in [6.07, 6.45) is -0.185. The lowest BCUT2D eigenvalue weighted by Gasteiger charge is -2.13. The number of carbonyl (C=O) groups is 1. The number of nitrogens with two attached hydrogens (primary N) is 1. The summed E-state index contributed by atoms with van der Waals surface area (Å²) in [5.41, 5.74) is 6.87. The molecule has 0 saturated carbocycles. The van der Waals surface area contributed by atoms with Crippen molar-refractivity contribution in [3.63, 3.8) is 0 Å². The van der Waals surface area contributed by atoms with Gasteiger partial charge in [0.1, 0.15) is 12.4 Å². The largest absolute Gasteiger partial charge is 0.396 e. The Morgan fingerprint density at radius 1 is 1.29 bits per heavy atom. The van der Waals surface area contributed by atoms with Gasteiger partial charge in [-0.2, -0.15) is 0 Å². The van der Waals surface area contributed by atoms with Crippen molar-refractivity contribution in [1.29, 1.82) is 0 Å². The van der Waals surface area contributed by atoms with Crippen LogP contribution in [0, 0.1) is 5.82 Å². The molecular weight excluding hydrogens is 271 g/mol. The van der Waals surface area contributed by atoms with Crippen molar-refractivity contribution in [2.75, 3.05) is 17.7 Å². The van der Waals surface area contributed by atoms with Crippen LogP contribution in [0.25, 0.3) is 0 Å². The Bertz CT molecular complexity index is 617. The highest BCUT2D eigenvalue weighted by atomic mass is 19.1. The molecule has 2 aromatic carbocycles. The standard InChI is InChI=1S/C16H17FN2O2/c1-11(12-5-3-2-4-6-12)21-10-16(20)19-13-7-8-14(17)15(18)9-13/h2-9,11H,10,18H2,1H3,(H,19,20). The van der Waals surface area contributed by atoms with Crippen LogP contribution in [0.2, 0.25) is 0 Å². The van der Waals surface area contributed by atoms with Gasteiger partial charge in [0.15, 0.2) is 0 Å². The fourth-order valence-electron chi connectivity index (χ4n) is 1.84. The molecule has 4 nitrogen and oxygen atoms in total. The number of carbonyl (C=O) groups excluding carboxylic acids is 1. The Morgan fingerprint density at radius 2 is 2.00 bits per heavy atom. The molecular formula is C16H17FN2O2. The molecule has 0 aliphatic carbocycles. The van der Waals surface area contributed by atoms with Gasteiger partial charge >= 0.3 is 0 Å². The van der Waals surface area contributed by atoms with E-state index in [0.29, 0.717) is 5.69 Å². The van der Waals surface area contributed by atoms with Crippen molar-refractivity contribution >= 4 is 17.3 Å². The third kappa shape index (κ3) is 4.29. The Morgan fingerprint density at radius 3 is 2.67 bits per heavy atom. The number of hydrogen-bond donors (Lipinski definition) is 2. The number of nitrogens with one attached hydrogen (secondary N) is 1. The second-order valence-corrected chi connectivity index (χ2v) is 4.65. The maximum absolute atomic E-state index is 13.0. The molecule has 0 saturated heterocycles. The molecule has 0 fully saturated rings. The van der Waals surface area contributed by atoms with Gasteiger partial charge in [0, 0.05) is 5.69 Å². The van der Waals surface area contributed by atoms with Crippen LogP contribution in [-0.4, -0.2) is 12.5 Å². The van der Waals surface area contributed by atoms with Crippen molar-refractivity contribution in [1.82, 2.24) is 0 Å². The Labute approximate surface area is 122 Å². The molecule has 0 aromatic heterocycles. The molecule has 5 heteroatoms. The average molecular weight is 288 g/mol. The molecule has 1 unspecified atom stereocenters. The van der Waals surface area contributed by atoms with Crippen LogP contribution in [0.15, 0.2) is 48.5 Å². The van der Waals surface area contributed by atoms with E-state index in [2.05, 4.69) is 5.32 Å². The number of anilines is 2. The predicted octanol–water partition coefficient (Wildman–Crippen LogP) is 3.12. The quantitative estimate of drug-likeness (QED) is 0.831. The number of amides is 1. The minimum absolute atomic E-state index is 0.00799. The zero-order valence-corrected chi connectivity index (χ0v) is 11.7. The number of halogens is 1. The Balaban J connectivity index is 1.86. The van der Waals surface area contributed by atoms with Crippen molar-refractivity contribution in [3.05, 3.63) is 59.9 Å². The predicted molar refractivity (Wildman–Crippen MR) is 80.3 cm³/mol. The first-order valence-electron chi connectivity index (χ1n) is 6.57. The molecule has 1 atom stereocenters. The number of ether oxygens (including phenoxy) is 1. The fraction of sp³-hybridized carbons (Fsp3) is 0.188. The second-order valence-electron chi connectivity index (χ2n) is 4.65. The summed E-state index contributed by atoms with van der Waals surface area (Å²) in [4.78, 5) is 11.8. The van der Waals surface area contributed by atoms with Crippen LogP contribution < -0.4 is 11.1 Å². The van der Waals surface area contributed by atoms with Gasteiger partial charge < -0.3 is 15.8 Å². The molecule has 1 amide bonds. The van der Waals surface area contributed by atoms with E-state index in [9.17, 15) is 9.18 Å². The minimum atomic E-state index is -0.512. The highest BCUT2D eigenvalue weighted by Gasteiger charge is 2.09. The topological polar surface area (TPSA) is 64.3 Å². The van der Waals surface area contributed by atoms with Crippen molar-refractivity contribution in [2.24, 2.45) is 0 Å². The summed E-state index contributed by atoms with van der Waals surface area (Å²) in [6.45, 7) is 1.78. The van der Waals surface area contributed by atoms with Crippen LogP contribution in [-0.2, 0) is 9.53 Å². The summed E-state index contributed by atoms with van der Waals surface area (Å²) >= 11 is 0. The normalized spacial score (nSPS) is 11.9. The van der Waals surface area contributed by atoms with Gasteiger partial charge in [-0.3, -0.25) is 4.79 Å². The first-order valence-corrected chi connectivity index (χ1v) is 6.57. The van der Waals surface area contributed by atoms with Crippen molar-refractivity contribution in [2.45, 2.75) is 13.0 Å². The number of benzene rings is 2. The van der Waals surface area contributed by atoms with Crippen LogP contribution in [0.1, 0.15) is 18.6 Å². The van der Waals surface area contributed by atoms with E-state index in [1.165, 1.54) is 18.2 Å². The minimum Gasteiger partial charge on any atom is -0.396 e. The van der Waals surface area contributed by atoms with Crippen molar-refractivity contribution in [3.8, 4) is 0 Å². The molecule has 0 spiro atoms. The molecule has 0 aliphatic heterocycles. The van der Waals surface area contributed by atoms with Crippen LogP contribution in [0.4, 0.5) is 15.8 Å². The number of rotatable bonds is 5. The number of nitrogen functional groups attached to an aromatic ring is 1. The van der Waals surface area contributed by atoms with Gasteiger partial charge in [0.25, 0.3) is 0 Å². The molecule has 0 bridgehead atoms. The maximum atomic E-state index is 13.0. The number of hydrogen-bond acceptors (Lipinski definition) is 3. The van der Waals surface area contributed by atoms with Gasteiger partial charge in [-0.15, -0.1) is 0 Å². The molecule has 2 rings (SSSR count). The highest BCUT2D eigenvalue weighted by Crippen LogP contribution is 2.17. The Hall–Kier alpha value is -2.40. The molecule has 21 heavy (non-hydrogen) atoms. The van der Waals surface area contributed by atoms with Crippen LogP contribution in [0.5, 0.6) is 0 Å². The lowest BCUT2D eigenvalue weighted by Crippen LogP contribution is -2.19. The van der Waals surface area contributed by atoms with Crippen molar-refractivity contribution < 1.29 is 13.9 Å². The lowest BCUT2D eigenvalue weighted by molar-refractivity contribution is -0.122. The van der Waals surface area contributed by atoms with Gasteiger partial charge in [-0.25, -0.2) is 4.39 Å². The van der Waals surface area contributed by atoms with E-state index in [0.717, 1.165) is 5.56 Å². The van der Waals surface area contributed by atoms with Crippen LogP contribution >= 0.6 is 0 Å². The van der Waals surface area contributed by atoms with Gasteiger partial charge in [-0.1, -0.05) is 30.3 Å². The van der Waals surface area contributed by atoms with E-state index in [4.69, 9.17) is 10.5 Å². The zero-order valence-electron chi connectivity index (χ0n) is 11.7. The Kier molecular flexibility index (Phi) is 4.90.